The van der Waals surface area contributed by atoms with Crippen molar-refractivity contribution in [2.24, 2.45) is 0 Å². The zero-order valence-electron chi connectivity index (χ0n) is 17.2. The normalized spacial score (nSPS) is 19.4. The van der Waals surface area contributed by atoms with Crippen LogP contribution in [0.15, 0.2) is 30.3 Å². The van der Waals surface area contributed by atoms with Gasteiger partial charge in [0.1, 0.15) is 5.82 Å². The second-order valence-corrected chi connectivity index (χ2v) is 8.19. The van der Waals surface area contributed by atoms with Gasteiger partial charge in [-0.3, -0.25) is 0 Å². The third-order valence-electron chi connectivity index (χ3n) is 5.86. The maximum absolute atomic E-state index is 9.14. The summed E-state index contributed by atoms with van der Waals surface area (Å²) in [5, 5.41) is 16.3. The van der Waals surface area contributed by atoms with Crippen LogP contribution in [0.3, 0.4) is 0 Å². The summed E-state index contributed by atoms with van der Waals surface area (Å²) in [6.45, 7) is 4.20. The van der Waals surface area contributed by atoms with E-state index in [4.69, 9.17) is 15.2 Å². The number of aryl methyl sites for hydroxylation is 1. The number of nitrogens with zero attached hydrogens (tertiary/aromatic N) is 4. The zero-order valence-corrected chi connectivity index (χ0v) is 17.2. The van der Waals surface area contributed by atoms with E-state index in [0.717, 1.165) is 49.6 Å². The molecule has 0 bridgehead atoms. The molecule has 1 atom stereocenters. The molecule has 4 rings (SSSR count). The molecule has 1 unspecified atom stereocenters. The molecule has 1 aromatic carbocycles. The van der Waals surface area contributed by atoms with Gasteiger partial charge in [0.15, 0.2) is 0 Å². The molecule has 1 aromatic heterocycles. The highest BCUT2D eigenvalue weighted by Crippen LogP contribution is 2.25. The van der Waals surface area contributed by atoms with Gasteiger partial charge in [-0.2, -0.15) is 10.2 Å². The standard InChI is InChI=1S/C23H30N6/c1-2-6-19-14-22(29-12-11-21(16-29)25-18-8-3-4-9-18)28-23(26-19)27-20-10-5-7-17(13-20)15-24/h5,7,10,13-14,18,21,25H,2-4,6,8-9,11-12,16H2,1H3,(H,26,27,28). The molecule has 2 heterocycles. The van der Waals surface area contributed by atoms with E-state index >= 15 is 0 Å². The summed E-state index contributed by atoms with van der Waals surface area (Å²) in [5.74, 6) is 1.60. The fourth-order valence-corrected chi connectivity index (χ4v) is 4.41. The summed E-state index contributed by atoms with van der Waals surface area (Å²) >= 11 is 0. The summed E-state index contributed by atoms with van der Waals surface area (Å²) in [6, 6.07) is 13.0. The first kappa shape index (κ1) is 19.7. The number of benzene rings is 1. The topological polar surface area (TPSA) is 76.9 Å². The minimum atomic E-state index is 0.548. The van der Waals surface area contributed by atoms with Crippen LogP contribution in [0.5, 0.6) is 0 Å². The highest BCUT2D eigenvalue weighted by Gasteiger charge is 2.27. The van der Waals surface area contributed by atoms with Gasteiger partial charge in [-0.05, 0) is 43.9 Å². The van der Waals surface area contributed by atoms with Gasteiger partial charge in [0.25, 0.3) is 0 Å². The Balaban J connectivity index is 1.49. The van der Waals surface area contributed by atoms with Gasteiger partial charge in [0.05, 0.1) is 11.6 Å². The molecule has 6 heteroatoms. The van der Waals surface area contributed by atoms with Gasteiger partial charge in [0, 0.05) is 42.6 Å². The molecule has 2 N–H and O–H groups in total. The number of rotatable bonds is 7. The van der Waals surface area contributed by atoms with Crippen LogP contribution < -0.4 is 15.5 Å². The molecule has 1 aliphatic carbocycles. The minimum Gasteiger partial charge on any atom is -0.355 e. The fraction of sp³-hybridized carbons (Fsp3) is 0.522. The Morgan fingerprint density at radius 3 is 2.79 bits per heavy atom. The molecule has 0 radical (unpaired) electrons. The zero-order chi connectivity index (χ0) is 20.1. The van der Waals surface area contributed by atoms with Crippen LogP contribution in [0.1, 0.15) is 56.7 Å². The Hall–Kier alpha value is -2.65. The number of hydrogen-bond donors (Lipinski definition) is 2. The lowest BCUT2D eigenvalue weighted by Crippen LogP contribution is -2.38. The van der Waals surface area contributed by atoms with E-state index in [2.05, 4.69) is 34.6 Å². The van der Waals surface area contributed by atoms with Crippen molar-refractivity contribution in [2.75, 3.05) is 23.3 Å². The molecule has 152 valence electrons. The predicted octanol–water partition coefficient (Wildman–Crippen LogP) is 4.16. The van der Waals surface area contributed by atoms with E-state index < -0.39 is 0 Å². The van der Waals surface area contributed by atoms with Gasteiger partial charge < -0.3 is 15.5 Å². The predicted molar refractivity (Wildman–Crippen MR) is 116 cm³/mol. The Labute approximate surface area is 173 Å². The van der Waals surface area contributed by atoms with Crippen molar-refractivity contribution in [3.63, 3.8) is 0 Å². The van der Waals surface area contributed by atoms with Crippen molar-refractivity contribution in [1.82, 2.24) is 15.3 Å². The molecule has 6 nitrogen and oxygen atoms in total. The van der Waals surface area contributed by atoms with Crippen molar-refractivity contribution >= 4 is 17.5 Å². The third-order valence-corrected chi connectivity index (χ3v) is 5.86. The summed E-state index contributed by atoms with van der Waals surface area (Å²) in [7, 11) is 0. The molecule has 2 aliphatic rings. The number of nitrogens with one attached hydrogen (secondary N) is 2. The van der Waals surface area contributed by atoms with Crippen LogP contribution >= 0.6 is 0 Å². The number of anilines is 3. The van der Waals surface area contributed by atoms with E-state index in [0.29, 0.717) is 23.6 Å². The smallest absolute Gasteiger partial charge is 0.229 e. The van der Waals surface area contributed by atoms with Gasteiger partial charge in [-0.1, -0.05) is 32.3 Å². The molecular weight excluding hydrogens is 360 g/mol. The lowest BCUT2D eigenvalue weighted by atomic mass is 10.2. The Morgan fingerprint density at radius 1 is 1.14 bits per heavy atom. The second kappa shape index (κ2) is 9.23. The second-order valence-electron chi connectivity index (χ2n) is 8.19. The minimum absolute atomic E-state index is 0.548. The van der Waals surface area contributed by atoms with Crippen LogP contribution in [0, 0.1) is 11.3 Å². The van der Waals surface area contributed by atoms with Crippen LogP contribution in [0.25, 0.3) is 0 Å². The SMILES string of the molecule is CCCc1cc(N2CCC(NC3CCCC3)C2)nc(Nc2cccc(C#N)c2)n1. The maximum atomic E-state index is 9.14. The molecule has 1 aliphatic heterocycles. The van der Waals surface area contributed by atoms with Crippen molar-refractivity contribution in [2.45, 2.75) is 64.0 Å². The summed E-state index contributed by atoms with van der Waals surface area (Å²) in [6.07, 6.45) is 8.51. The molecular formula is C23H30N6. The van der Waals surface area contributed by atoms with Crippen LogP contribution in [0.2, 0.25) is 0 Å². The Kier molecular flexibility index (Phi) is 6.26. The summed E-state index contributed by atoms with van der Waals surface area (Å²) < 4.78 is 0. The highest BCUT2D eigenvalue weighted by atomic mass is 15.3. The fourth-order valence-electron chi connectivity index (χ4n) is 4.41. The Bertz CT molecular complexity index is 868. The first-order chi connectivity index (χ1) is 14.2. The molecule has 2 fully saturated rings. The van der Waals surface area contributed by atoms with E-state index in [1.807, 2.05) is 18.2 Å². The quantitative estimate of drug-likeness (QED) is 0.739. The van der Waals surface area contributed by atoms with Gasteiger partial charge in [-0.15, -0.1) is 0 Å². The molecule has 0 spiro atoms. The molecule has 29 heavy (non-hydrogen) atoms. The summed E-state index contributed by atoms with van der Waals surface area (Å²) in [4.78, 5) is 11.9. The lowest BCUT2D eigenvalue weighted by Gasteiger charge is -2.21. The number of nitriles is 1. The number of hydrogen-bond acceptors (Lipinski definition) is 6. The van der Waals surface area contributed by atoms with Gasteiger partial charge in [0.2, 0.25) is 5.95 Å². The van der Waals surface area contributed by atoms with Crippen molar-refractivity contribution in [3.05, 3.63) is 41.6 Å². The van der Waals surface area contributed by atoms with Gasteiger partial charge in [-0.25, -0.2) is 4.98 Å². The van der Waals surface area contributed by atoms with E-state index in [1.165, 1.54) is 25.7 Å². The van der Waals surface area contributed by atoms with E-state index in [-0.39, 0.29) is 0 Å². The lowest BCUT2D eigenvalue weighted by molar-refractivity contribution is 0.451. The average Bonchev–Trinajstić information content (AvgIpc) is 3.41. The van der Waals surface area contributed by atoms with Gasteiger partial charge >= 0.3 is 0 Å². The third kappa shape index (κ3) is 5.04. The van der Waals surface area contributed by atoms with Crippen molar-refractivity contribution in [3.8, 4) is 6.07 Å². The highest BCUT2D eigenvalue weighted by molar-refractivity contribution is 5.58. The van der Waals surface area contributed by atoms with Crippen LogP contribution in [0.4, 0.5) is 17.5 Å². The first-order valence-corrected chi connectivity index (χ1v) is 10.9. The average molecular weight is 391 g/mol. The maximum Gasteiger partial charge on any atom is 0.229 e. The van der Waals surface area contributed by atoms with E-state index in [9.17, 15) is 0 Å². The monoisotopic (exact) mass is 390 g/mol. The molecule has 2 aromatic rings. The first-order valence-electron chi connectivity index (χ1n) is 10.9. The number of aromatic nitrogens is 2. The molecule has 1 saturated heterocycles. The summed E-state index contributed by atoms with van der Waals surface area (Å²) in [5.41, 5.74) is 2.52. The molecule has 0 amide bonds. The Morgan fingerprint density at radius 2 is 2.00 bits per heavy atom. The largest absolute Gasteiger partial charge is 0.355 e. The van der Waals surface area contributed by atoms with E-state index in [1.54, 1.807) is 6.07 Å². The van der Waals surface area contributed by atoms with Crippen LogP contribution in [-0.4, -0.2) is 35.1 Å². The molecule has 1 saturated carbocycles. The van der Waals surface area contributed by atoms with Crippen LogP contribution in [-0.2, 0) is 6.42 Å². The van der Waals surface area contributed by atoms with Crippen molar-refractivity contribution in [1.29, 1.82) is 5.26 Å². The van der Waals surface area contributed by atoms with Crippen molar-refractivity contribution < 1.29 is 0 Å².